The minimum atomic E-state index is -2.68. The van der Waals surface area contributed by atoms with Crippen LogP contribution < -0.4 is 11.1 Å². The number of amides is 4. The molecule has 1 atom stereocenters. The van der Waals surface area contributed by atoms with Crippen LogP contribution in [0.3, 0.4) is 0 Å². The predicted molar refractivity (Wildman–Crippen MR) is 132 cm³/mol. The van der Waals surface area contributed by atoms with E-state index in [0.717, 1.165) is 55.8 Å². The predicted octanol–water partition coefficient (Wildman–Crippen LogP) is 2.46. The Hall–Kier alpha value is -3.67. The number of rotatable bonds is 8. The van der Waals surface area contributed by atoms with Gasteiger partial charge in [-0.15, -0.1) is 0 Å². The molecule has 4 heterocycles. The summed E-state index contributed by atoms with van der Waals surface area (Å²) in [7, 11) is 0. The fourth-order valence-corrected chi connectivity index (χ4v) is 5.63. The number of likely N-dealkylation sites (tertiary alicyclic amines) is 1. The van der Waals surface area contributed by atoms with Gasteiger partial charge in [0.25, 0.3) is 18.2 Å². The Morgan fingerprint density at radius 3 is 2.50 bits per heavy atom. The van der Waals surface area contributed by atoms with Crippen molar-refractivity contribution >= 4 is 29.3 Å². The molecule has 38 heavy (non-hydrogen) atoms. The second-order valence-electron chi connectivity index (χ2n) is 10.1. The van der Waals surface area contributed by atoms with Crippen molar-refractivity contribution in [1.82, 2.24) is 24.9 Å². The lowest BCUT2D eigenvalue weighted by molar-refractivity contribution is -0.136. The molecule has 0 radical (unpaired) electrons. The molecule has 3 aliphatic rings. The van der Waals surface area contributed by atoms with Crippen molar-refractivity contribution < 1.29 is 28.0 Å². The smallest absolute Gasteiger partial charge is 0.284 e. The lowest BCUT2D eigenvalue weighted by Crippen LogP contribution is -2.54. The topological polar surface area (TPSA) is 131 Å². The monoisotopic (exact) mass is 528 g/mol. The van der Waals surface area contributed by atoms with Gasteiger partial charge in [-0.3, -0.25) is 34.1 Å². The summed E-state index contributed by atoms with van der Waals surface area (Å²) in [5, 5.41) is 6.19. The fraction of sp³-hybridized carbons (Fsp3) is 0.500. The van der Waals surface area contributed by atoms with Gasteiger partial charge in [-0.05, 0) is 56.7 Å². The molecule has 2 saturated heterocycles. The van der Waals surface area contributed by atoms with E-state index in [4.69, 9.17) is 5.73 Å². The molecule has 202 valence electrons. The molecule has 10 nitrogen and oxygen atoms in total. The molecule has 2 aromatic rings. The number of carbonyl (C=O) groups is 4. The number of hydrogen-bond donors (Lipinski definition) is 2. The van der Waals surface area contributed by atoms with E-state index >= 15 is 0 Å². The lowest BCUT2D eigenvalue weighted by atomic mass is 9.98. The summed E-state index contributed by atoms with van der Waals surface area (Å²) >= 11 is 0. The van der Waals surface area contributed by atoms with Gasteiger partial charge in [0, 0.05) is 25.7 Å². The maximum atomic E-state index is 13.2. The number of imide groups is 2. The van der Waals surface area contributed by atoms with Gasteiger partial charge in [0.2, 0.25) is 11.8 Å². The molecule has 1 aromatic carbocycles. The van der Waals surface area contributed by atoms with E-state index in [1.807, 2.05) is 6.07 Å². The number of piperidine rings is 2. The molecular formula is C26H30F2N6O4. The molecule has 0 aliphatic carbocycles. The first kappa shape index (κ1) is 26.0. The van der Waals surface area contributed by atoms with Crippen molar-refractivity contribution in [2.45, 2.75) is 63.5 Å². The van der Waals surface area contributed by atoms with Crippen LogP contribution in [0.5, 0.6) is 0 Å². The van der Waals surface area contributed by atoms with E-state index in [1.54, 1.807) is 16.8 Å². The molecule has 4 amide bonds. The first-order valence-corrected chi connectivity index (χ1v) is 12.9. The maximum absolute atomic E-state index is 13.2. The first-order chi connectivity index (χ1) is 18.2. The molecule has 0 saturated carbocycles. The molecule has 12 heteroatoms. The number of aromatic nitrogens is 2. The van der Waals surface area contributed by atoms with Crippen LogP contribution in [-0.4, -0.2) is 68.9 Å². The van der Waals surface area contributed by atoms with E-state index in [0.29, 0.717) is 17.5 Å². The number of halogens is 2. The number of benzene rings is 1. The third-order valence-electron chi connectivity index (χ3n) is 7.65. The third-order valence-corrected chi connectivity index (χ3v) is 7.65. The zero-order valence-corrected chi connectivity index (χ0v) is 20.9. The average Bonchev–Trinajstić information content (AvgIpc) is 3.40. The largest absolute Gasteiger partial charge is 0.396 e. The summed E-state index contributed by atoms with van der Waals surface area (Å²) < 4.78 is 27.5. The van der Waals surface area contributed by atoms with Crippen molar-refractivity contribution in [3.05, 3.63) is 46.8 Å². The number of hydrogen-bond acceptors (Lipinski definition) is 7. The van der Waals surface area contributed by atoms with Crippen molar-refractivity contribution in [2.75, 3.05) is 25.4 Å². The molecular weight excluding hydrogens is 498 g/mol. The van der Waals surface area contributed by atoms with Gasteiger partial charge < -0.3 is 10.6 Å². The van der Waals surface area contributed by atoms with Crippen LogP contribution in [-0.2, 0) is 16.0 Å². The number of alkyl halides is 2. The fourth-order valence-electron chi connectivity index (χ4n) is 5.63. The summed E-state index contributed by atoms with van der Waals surface area (Å²) in [6.07, 6.45) is 2.92. The van der Waals surface area contributed by atoms with E-state index in [2.05, 4.69) is 15.3 Å². The molecule has 3 N–H and O–H groups in total. The molecule has 2 fully saturated rings. The van der Waals surface area contributed by atoms with Crippen LogP contribution in [0.25, 0.3) is 0 Å². The Balaban J connectivity index is 1.13. The zero-order chi connectivity index (χ0) is 27.0. The van der Waals surface area contributed by atoms with Crippen molar-refractivity contribution in [1.29, 1.82) is 0 Å². The maximum Gasteiger partial charge on any atom is 0.284 e. The number of anilines is 1. The minimum Gasteiger partial charge on any atom is -0.396 e. The number of fused-ring (bicyclic) bond motifs is 1. The Labute approximate surface area is 218 Å². The molecule has 1 aromatic heterocycles. The SMILES string of the molecule is Nc1cn(C2CCN(CCCCc3cccc4c3C(=O)N(C3CCC(=O)NC3=O)C4=O)CC2)nc1C(F)F. The highest BCUT2D eigenvalue weighted by atomic mass is 19.3. The zero-order valence-electron chi connectivity index (χ0n) is 20.9. The number of nitrogens with two attached hydrogens (primary N) is 1. The second-order valence-corrected chi connectivity index (χ2v) is 10.1. The summed E-state index contributed by atoms with van der Waals surface area (Å²) in [6, 6.07) is 4.26. The summed E-state index contributed by atoms with van der Waals surface area (Å²) in [5.41, 5.74) is 6.76. The molecule has 1 unspecified atom stereocenters. The molecule has 3 aliphatic heterocycles. The van der Waals surface area contributed by atoms with Crippen LogP contribution in [0, 0.1) is 0 Å². The van der Waals surface area contributed by atoms with Gasteiger partial charge in [-0.2, -0.15) is 5.10 Å². The molecule has 5 rings (SSSR count). The number of aryl methyl sites for hydroxylation is 1. The van der Waals surface area contributed by atoms with Crippen molar-refractivity contribution in [3.63, 3.8) is 0 Å². The number of nitrogen functional groups attached to an aromatic ring is 1. The number of unbranched alkanes of at least 4 members (excludes halogenated alkanes) is 1. The Morgan fingerprint density at radius 1 is 1.05 bits per heavy atom. The summed E-state index contributed by atoms with van der Waals surface area (Å²) in [4.78, 5) is 53.3. The van der Waals surface area contributed by atoms with Crippen LogP contribution >= 0.6 is 0 Å². The normalized spacial score (nSPS) is 20.9. The van der Waals surface area contributed by atoms with Gasteiger partial charge in [-0.25, -0.2) is 8.78 Å². The van der Waals surface area contributed by atoms with E-state index < -0.39 is 36.1 Å². The quantitative estimate of drug-likeness (QED) is 0.398. The van der Waals surface area contributed by atoms with Gasteiger partial charge >= 0.3 is 0 Å². The highest BCUT2D eigenvalue weighted by molar-refractivity contribution is 6.24. The van der Waals surface area contributed by atoms with Gasteiger partial charge in [0.1, 0.15) is 6.04 Å². The second kappa shape index (κ2) is 10.6. The Bertz CT molecular complexity index is 1270. The Kier molecular flexibility index (Phi) is 7.24. The number of nitrogens with zero attached hydrogens (tertiary/aromatic N) is 4. The van der Waals surface area contributed by atoms with Crippen molar-refractivity contribution in [3.8, 4) is 0 Å². The van der Waals surface area contributed by atoms with Crippen molar-refractivity contribution in [2.24, 2.45) is 0 Å². The first-order valence-electron chi connectivity index (χ1n) is 12.9. The minimum absolute atomic E-state index is 0.0234. The highest BCUT2D eigenvalue weighted by Gasteiger charge is 2.45. The van der Waals surface area contributed by atoms with Gasteiger partial charge in [0.15, 0.2) is 5.69 Å². The van der Waals surface area contributed by atoms with E-state index in [9.17, 15) is 28.0 Å². The van der Waals surface area contributed by atoms with E-state index in [1.165, 1.54) is 6.20 Å². The van der Waals surface area contributed by atoms with Gasteiger partial charge in [0.05, 0.1) is 22.9 Å². The van der Waals surface area contributed by atoms with Crippen LogP contribution in [0.1, 0.15) is 83.0 Å². The average molecular weight is 529 g/mol. The standard InChI is InChI=1S/C26H30F2N6O4/c27-23(28)22-18(29)14-33(31-22)16-9-12-32(13-10-16)11-2-1-4-15-5-3-6-17-21(15)26(38)34(25(17)37)19-7-8-20(35)30-24(19)36/h3,5-6,14,16,19,23H,1-2,4,7-13,29H2,(H,30,35,36). The molecule has 0 bridgehead atoms. The highest BCUT2D eigenvalue weighted by Crippen LogP contribution is 2.31. The summed E-state index contributed by atoms with van der Waals surface area (Å²) in [6.45, 7) is 2.51. The van der Waals surface area contributed by atoms with Crippen LogP contribution in [0.4, 0.5) is 14.5 Å². The third kappa shape index (κ3) is 4.92. The van der Waals surface area contributed by atoms with Crippen LogP contribution in [0.2, 0.25) is 0 Å². The number of nitrogens with one attached hydrogen (secondary N) is 1. The summed E-state index contributed by atoms with van der Waals surface area (Å²) in [5.74, 6) is -2.00. The van der Waals surface area contributed by atoms with Crippen LogP contribution in [0.15, 0.2) is 24.4 Å². The Morgan fingerprint density at radius 2 is 1.82 bits per heavy atom. The molecule has 0 spiro atoms. The lowest BCUT2D eigenvalue weighted by Gasteiger charge is -2.32. The van der Waals surface area contributed by atoms with Gasteiger partial charge in [-0.1, -0.05) is 12.1 Å². The number of carbonyl (C=O) groups excluding carboxylic acids is 4. The van der Waals surface area contributed by atoms with E-state index in [-0.39, 0.29) is 30.3 Å².